The van der Waals surface area contributed by atoms with E-state index in [2.05, 4.69) is 5.32 Å². The molecule has 2 rings (SSSR count). The number of nitrogens with zero attached hydrogens (tertiary/aromatic N) is 1. The van der Waals surface area contributed by atoms with Gasteiger partial charge in [0.05, 0.1) is 6.04 Å². The zero-order valence-electron chi connectivity index (χ0n) is 12.5. The molecule has 0 fully saturated rings. The number of rotatable bonds is 4. The van der Waals surface area contributed by atoms with E-state index in [0.29, 0.717) is 11.6 Å². The highest BCUT2D eigenvalue weighted by Crippen LogP contribution is 2.16. The van der Waals surface area contributed by atoms with Crippen LogP contribution in [0.25, 0.3) is 0 Å². The molecule has 0 aliphatic heterocycles. The highest BCUT2D eigenvalue weighted by atomic mass is 35.5. The molecule has 2 aromatic carbocycles. The van der Waals surface area contributed by atoms with Gasteiger partial charge >= 0.3 is 6.03 Å². The predicted molar refractivity (Wildman–Crippen MR) is 86.3 cm³/mol. The van der Waals surface area contributed by atoms with Crippen LogP contribution in [-0.2, 0) is 6.54 Å². The zero-order chi connectivity index (χ0) is 16.1. The van der Waals surface area contributed by atoms with Gasteiger partial charge in [-0.2, -0.15) is 0 Å². The third-order valence-corrected chi connectivity index (χ3v) is 3.64. The van der Waals surface area contributed by atoms with Crippen molar-refractivity contribution in [2.75, 3.05) is 7.05 Å². The summed E-state index contributed by atoms with van der Waals surface area (Å²) in [6, 6.07) is 13.1. The lowest BCUT2D eigenvalue weighted by molar-refractivity contribution is 0.203. The molecule has 0 saturated heterocycles. The molecule has 0 heterocycles. The highest BCUT2D eigenvalue weighted by Gasteiger charge is 2.13. The van der Waals surface area contributed by atoms with Crippen molar-refractivity contribution in [3.63, 3.8) is 0 Å². The Balaban J connectivity index is 1.93. The number of urea groups is 1. The van der Waals surface area contributed by atoms with Gasteiger partial charge in [-0.1, -0.05) is 35.9 Å². The highest BCUT2D eigenvalue weighted by molar-refractivity contribution is 6.30. The Labute approximate surface area is 134 Å². The monoisotopic (exact) mass is 320 g/mol. The van der Waals surface area contributed by atoms with Crippen molar-refractivity contribution < 1.29 is 9.18 Å². The number of halogens is 2. The molecule has 5 heteroatoms. The van der Waals surface area contributed by atoms with Gasteiger partial charge in [0.1, 0.15) is 5.82 Å². The normalized spacial score (nSPS) is 11.8. The molecule has 2 amide bonds. The predicted octanol–water partition coefficient (Wildman–Crippen LogP) is 4.38. The van der Waals surface area contributed by atoms with Gasteiger partial charge in [-0.05, 0) is 42.3 Å². The number of hydrogen-bond donors (Lipinski definition) is 1. The van der Waals surface area contributed by atoms with Crippen LogP contribution in [0.15, 0.2) is 48.5 Å². The number of nitrogens with one attached hydrogen (secondary N) is 1. The summed E-state index contributed by atoms with van der Waals surface area (Å²) in [5, 5.41) is 3.58. The molecule has 0 aliphatic carbocycles. The SMILES string of the molecule is CC(NC(=O)N(C)Cc1ccc(F)cc1)c1ccc(Cl)cc1. The Morgan fingerprint density at radius 2 is 1.77 bits per heavy atom. The van der Waals surface area contributed by atoms with E-state index in [4.69, 9.17) is 11.6 Å². The molecule has 0 bridgehead atoms. The van der Waals surface area contributed by atoms with E-state index in [9.17, 15) is 9.18 Å². The lowest BCUT2D eigenvalue weighted by Crippen LogP contribution is -2.38. The maximum absolute atomic E-state index is 12.9. The van der Waals surface area contributed by atoms with Gasteiger partial charge in [-0.25, -0.2) is 9.18 Å². The molecule has 0 saturated carbocycles. The largest absolute Gasteiger partial charge is 0.331 e. The van der Waals surface area contributed by atoms with Crippen molar-refractivity contribution in [2.45, 2.75) is 19.5 Å². The fraction of sp³-hybridized carbons (Fsp3) is 0.235. The van der Waals surface area contributed by atoms with Crippen molar-refractivity contribution in [3.8, 4) is 0 Å². The van der Waals surface area contributed by atoms with Crippen LogP contribution in [0.5, 0.6) is 0 Å². The molecule has 116 valence electrons. The van der Waals surface area contributed by atoms with Gasteiger partial charge in [0.25, 0.3) is 0 Å². The third-order valence-electron chi connectivity index (χ3n) is 3.39. The third kappa shape index (κ3) is 4.46. The number of benzene rings is 2. The van der Waals surface area contributed by atoms with Crippen molar-refractivity contribution in [1.82, 2.24) is 10.2 Å². The van der Waals surface area contributed by atoms with Crippen molar-refractivity contribution in [3.05, 3.63) is 70.5 Å². The van der Waals surface area contributed by atoms with Crippen molar-refractivity contribution in [2.24, 2.45) is 0 Å². The molecule has 1 N–H and O–H groups in total. The summed E-state index contributed by atoms with van der Waals surface area (Å²) in [6.07, 6.45) is 0. The molecule has 1 unspecified atom stereocenters. The summed E-state index contributed by atoms with van der Waals surface area (Å²) in [4.78, 5) is 13.7. The summed E-state index contributed by atoms with van der Waals surface area (Å²) in [5.74, 6) is -0.285. The maximum Gasteiger partial charge on any atom is 0.317 e. The van der Waals surface area contributed by atoms with E-state index in [1.54, 1.807) is 36.2 Å². The molecule has 0 radical (unpaired) electrons. The number of amides is 2. The lowest BCUT2D eigenvalue weighted by atomic mass is 10.1. The molecule has 1 atom stereocenters. The van der Waals surface area contributed by atoms with Crippen LogP contribution in [0.1, 0.15) is 24.1 Å². The Bertz CT molecular complexity index is 628. The topological polar surface area (TPSA) is 32.3 Å². The van der Waals surface area contributed by atoms with Crippen LogP contribution in [0.2, 0.25) is 5.02 Å². The molecular weight excluding hydrogens is 303 g/mol. The van der Waals surface area contributed by atoms with Crippen LogP contribution in [-0.4, -0.2) is 18.0 Å². The first-order chi connectivity index (χ1) is 10.5. The molecular formula is C17H18ClFN2O. The van der Waals surface area contributed by atoms with Gasteiger partial charge in [0.2, 0.25) is 0 Å². The van der Waals surface area contributed by atoms with E-state index in [0.717, 1.165) is 11.1 Å². The minimum absolute atomic E-state index is 0.125. The maximum atomic E-state index is 12.9. The summed E-state index contributed by atoms with van der Waals surface area (Å²) in [5.41, 5.74) is 1.85. The van der Waals surface area contributed by atoms with Crippen LogP contribution >= 0.6 is 11.6 Å². The summed E-state index contributed by atoms with van der Waals surface area (Å²) >= 11 is 5.85. The Morgan fingerprint density at radius 1 is 1.18 bits per heavy atom. The number of hydrogen-bond acceptors (Lipinski definition) is 1. The molecule has 3 nitrogen and oxygen atoms in total. The summed E-state index contributed by atoms with van der Waals surface area (Å²) in [6.45, 7) is 2.33. The smallest absolute Gasteiger partial charge is 0.317 e. The standard InChI is InChI=1S/C17H18ClFN2O/c1-12(14-5-7-15(18)8-6-14)20-17(22)21(2)11-13-3-9-16(19)10-4-13/h3-10,12H,11H2,1-2H3,(H,20,22). The summed E-state index contributed by atoms with van der Waals surface area (Å²) < 4.78 is 12.9. The fourth-order valence-electron chi connectivity index (χ4n) is 2.07. The van der Waals surface area contributed by atoms with Crippen molar-refractivity contribution >= 4 is 17.6 Å². The second-order valence-corrected chi connectivity index (χ2v) is 5.64. The first-order valence-electron chi connectivity index (χ1n) is 6.97. The average molecular weight is 321 g/mol. The van der Waals surface area contributed by atoms with Gasteiger partial charge in [-0.3, -0.25) is 0 Å². The first kappa shape index (κ1) is 16.3. The molecule has 0 spiro atoms. The minimum Gasteiger partial charge on any atom is -0.331 e. The second-order valence-electron chi connectivity index (χ2n) is 5.21. The fourth-order valence-corrected chi connectivity index (χ4v) is 2.19. The van der Waals surface area contributed by atoms with Crippen LogP contribution < -0.4 is 5.32 Å². The first-order valence-corrected chi connectivity index (χ1v) is 7.35. The van der Waals surface area contributed by atoms with Crippen molar-refractivity contribution in [1.29, 1.82) is 0 Å². The molecule has 0 aliphatic rings. The number of carbonyl (C=O) groups excluding carboxylic acids is 1. The lowest BCUT2D eigenvalue weighted by Gasteiger charge is -2.21. The molecule has 22 heavy (non-hydrogen) atoms. The number of carbonyl (C=O) groups is 1. The van der Waals surface area contributed by atoms with Gasteiger partial charge in [-0.15, -0.1) is 0 Å². The van der Waals surface area contributed by atoms with E-state index in [-0.39, 0.29) is 17.9 Å². The van der Waals surface area contributed by atoms with E-state index in [1.807, 2.05) is 19.1 Å². The van der Waals surface area contributed by atoms with Crippen LogP contribution in [0, 0.1) is 5.82 Å². The molecule has 2 aromatic rings. The van der Waals surface area contributed by atoms with E-state index < -0.39 is 0 Å². The minimum atomic E-state index is -0.285. The Kier molecular flexibility index (Phi) is 5.39. The van der Waals surface area contributed by atoms with Gasteiger partial charge < -0.3 is 10.2 Å². The summed E-state index contributed by atoms with van der Waals surface area (Å²) in [7, 11) is 1.70. The van der Waals surface area contributed by atoms with E-state index in [1.165, 1.54) is 12.1 Å². The van der Waals surface area contributed by atoms with Crippen LogP contribution in [0.4, 0.5) is 9.18 Å². The Morgan fingerprint density at radius 3 is 2.36 bits per heavy atom. The van der Waals surface area contributed by atoms with Gasteiger partial charge in [0.15, 0.2) is 0 Å². The zero-order valence-corrected chi connectivity index (χ0v) is 13.3. The van der Waals surface area contributed by atoms with Gasteiger partial charge in [0, 0.05) is 18.6 Å². The second kappa shape index (κ2) is 7.27. The molecule has 0 aromatic heterocycles. The van der Waals surface area contributed by atoms with E-state index >= 15 is 0 Å². The Hall–Kier alpha value is -2.07. The van der Waals surface area contributed by atoms with Crippen LogP contribution in [0.3, 0.4) is 0 Å². The average Bonchev–Trinajstić information content (AvgIpc) is 2.50. The quantitative estimate of drug-likeness (QED) is 0.890.